The zero-order valence-electron chi connectivity index (χ0n) is 16.5. The number of rotatable bonds is 8. The number of ether oxygens (including phenoxy) is 1. The van der Waals surface area contributed by atoms with Crippen LogP contribution < -0.4 is 14.8 Å². The molecule has 0 fully saturated rings. The van der Waals surface area contributed by atoms with Crippen LogP contribution in [0.5, 0.6) is 5.75 Å². The largest absolute Gasteiger partial charge is 0.484 e. The van der Waals surface area contributed by atoms with Crippen molar-refractivity contribution in [1.82, 2.24) is 5.32 Å². The van der Waals surface area contributed by atoms with Gasteiger partial charge < -0.3 is 10.1 Å². The minimum Gasteiger partial charge on any atom is -0.484 e. The van der Waals surface area contributed by atoms with Gasteiger partial charge in [0.15, 0.2) is 6.61 Å². The van der Waals surface area contributed by atoms with Crippen molar-refractivity contribution in [2.24, 2.45) is 0 Å². The van der Waals surface area contributed by atoms with Crippen molar-refractivity contribution in [2.75, 3.05) is 11.3 Å². The molecule has 6 nitrogen and oxygen atoms in total. The molecule has 0 aliphatic carbocycles. The average Bonchev–Trinajstić information content (AvgIpc) is 2.74. The smallest absolute Gasteiger partial charge is 0.261 e. The Morgan fingerprint density at radius 3 is 2.23 bits per heavy atom. The van der Waals surface area contributed by atoms with Gasteiger partial charge in [-0.05, 0) is 73.2 Å². The number of hydrogen-bond acceptors (Lipinski definition) is 4. The summed E-state index contributed by atoms with van der Waals surface area (Å²) in [5.41, 5.74) is 1.15. The van der Waals surface area contributed by atoms with Crippen molar-refractivity contribution in [2.45, 2.75) is 17.9 Å². The summed E-state index contributed by atoms with van der Waals surface area (Å²) in [6.45, 7) is 1.53. The summed E-state index contributed by atoms with van der Waals surface area (Å²) in [6, 6.07) is 17.5. The van der Waals surface area contributed by atoms with Gasteiger partial charge in [-0.15, -0.1) is 0 Å². The molecule has 0 unspecified atom stereocenters. The highest BCUT2D eigenvalue weighted by molar-refractivity contribution is 7.92. The summed E-state index contributed by atoms with van der Waals surface area (Å²) in [7, 11) is -3.78. The summed E-state index contributed by atoms with van der Waals surface area (Å²) < 4.78 is 45.8. The highest BCUT2D eigenvalue weighted by Crippen LogP contribution is 2.21. The standard InChI is InChI=1S/C22H20ClFN2O4S/c1-15(16-2-6-18(24)7-3-16)25-22(27)14-30-20-10-12-21(13-11-20)31(28,29)26-19-8-4-17(23)5-9-19/h2-13,15,26H,14H2,1H3,(H,25,27)/t15-/m0/s1. The maximum Gasteiger partial charge on any atom is 0.261 e. The molecule has 162 valence electrons. The van der Waals surface area contributed by atoms with Crippen LogP contribution in [0.2, 0.25) is 5.02 Å². The molecule has 3 aromatic carbocycles. The Kier molecular flexibility index (Phi) is 7.14. The predicted molar refractivity (Wildman–Crippen MR) is 117 cm³/mol. The molecule has 0 saturated carbocycles. The second kappa shape index (κ2) is 9.80. The summed E-state index contributed by atoms with van der Waals surface area (Å²) in [5.74, 6) is -0.368. The van der Waals surface area contributed by atoms with Gasteiger partial charge in [0.25, 0.3) is 15.9 Å². The van der Waals surface area contributed by atoms with Gasteiger partial charge in [-0.3, -0.25) is 9.52 Å². The van der Waals surface area contributed by atoms with Gasteiger partial charge in [-0.1, -0.05) is 23.7 Å². The Morgan fingerprint density at radius 1 is 1.00 bits per heavy atom. The lowest BCUT2D eigenvalue weighted by molar-refractivity contribution is -0.123. The van der Waals surface area contributed by atoms with Gasteiger partial charge in [-0.25, -0.2) is 12.8 Å². The molecule has 0 aliphatic rings. The lowest BCUT2D eigenvalue weighted by Gasteiger charge is -2.15. The number of amides is 1. The lowest BCUT2D eigenvalue weighted by Crippen LogP contribution is -2.31. The number of sulfonamides is 1. The number of carbonyl (C=O) groups excluding carboxylic acids is 1. The van der Waals surface area contributed by atoms with Crippen LogP contribution in [-0.2, 0) is 14.8 Å². The summed E-state index contributed by atoms with van der Waals surface area (Å²) in [4.78, 5) is 12.1. The first-order valence-electron chi connectivity index (χ1n) is 9.29. The SMILES string of the molecule is C[C@H](NC(=O)COc1ccc(S(=O)(=O)Nc2ccc(Cl)cc2)cc1)c1ccc(F)cc1. The van der Waals surface area contributed by atoms with Crippen LogP contribution in [0.1, 0.15) is 18.5 Å². The maximum absolute atomic E-state index is 13.0. The molecule has 9 heteroatoms. The van der Waals surface area contributed by atoms with E-state index in [2.05, 4.69) is 10.0 Å². The lowest BCUT2D eigenvalue weighted by atomic mass is 10.1. The molecule has 3 rings (SSSR count). The topological polar surface area (TPSA) is 84.5 Å². The Bertz CT molecular complexity index is 1140. The van der Waals surface area contributed by atoms with E-state index in [1.807, 2.05) is 0 Å². The fourth-order valence-corrected chi connectivity index (χ4v) is 3.90. The Balaban J connectivity index is 1.54. The third kappa shape index (κ3) is 6.44. The summed E-state index contributed by atoms with van der Waals surface area (Å²) in [5, 5.41) is 3.25. The van der Waals surface area contributed by atoms with Crippen molar-refractivity contribution in [3.05, 3.63) is 89.2 Å². The number of anilines is 1. The number of carbonyl (C=O) groups is 1. The molecule has 0 spiro atoms. The molecule has 0 heterocycles. The number of nitrogens with one attached hydrogen (secondary N) is 2. The molecular formula is C22H20ClFN2O4S. The van der Waals surface area contributed by atoms with E-state index in [9.17, 15) is 17.6 Å². The van der Waals surface area contributed by atoms with Gasteiger partial charge in [0.05, 0.1) is 10.9 Å². The fourth-order valence-electron chi connectivity index (χ4n) is 2.71. The first-order valence-corrected chi connectivity index (χ1v) is 11.1. The monoisotopic (exact) mass is 462 g/mol. The fraction of sp³-hybridized carbons (Fsp3) is 0.136. The highest BCUT2D eigenvalue weighted by Gasteiger charge is 2.15. The van der Waals surface area contributed by atoms with Crippen LogP contribution in [-0.4, -0.2) is 20.9 Å². The molecule has 1 atom stereocenters. The molecule has 1 amide bonds. The first kappa shape index (κ1) is 22.6. The number of halogens is 2. The Labute approximate surface area is 185 Å². The zero-order valence-corrected chi connectivity index (χ0v) is 18.1. The molecule has 0 saturated heterocycles. The van der Waals surface area contributed by atoms with Crippen molar-refractivity contribution >= 4 is 33.2 Å². The quantitative estimate of drug-likeness (QED) is 0.515. The van der Waals surface area contributed by atoms with Gasteiger partial charge in [-0.2, -0.15) is 0 Å². The highest BCUT2D eigenvalue weighted by atomic mass is 35.5. The van der Waals surface area contributed by atoms with Crippen LogP contribution in [0.4, 0.5) is 10.1 Å². The Hall–Kier alpha value is -3.10. The first-order chi connectivity index (χ1) is 14.7. The molecule has 0 bridgehead atoms. The Morgan fingerprint density at radius 2 is 1.61 bits per heavy atom. The average molecular weight is 463 g/mol. The van der Waals surface area contributed by atoms with Gasteiger partial charge >= 0.3 is 0 Å². The van der Waals surface area contributed by atoms with E-state index >= 15 is 0 Å². The van der Waals surface area contributed by atoms with E-state index in [4.69, 9.17) is 16.3 Å². The zero-order chi connectivity index (χ0) is 22.4. The van der Waals surface area contributed by atoms with Crippen LogP contribution in [0, 0.1) is 5.82 Å². The minimum absolute atomic E-state index is 0.0455. The molecule has 2 N–H and O–H groups in total. The van der Waals surface area contributed by atoms with Crippen LogP contribution in [0.3, 0.4) is 0 Å². The van der Waals surface area contributed by atoms with E-state index in [1.165, 1.54) is 36.4 Å². The van der Waals surface area contributed by atoms with Crippen molar-refractivity contribution in [3.8, 4) is 5.75 Å². The van der Waals surface area contributed by atoms with E-state index in [1.54, 1.807) is 43.3 Å². The molecule has 0 radical (unpaired) electrons. The third-order valence-corrected chi connectivity index (χ3v) is 6.00. The van der Waals surface area contributed by atoms with Gasteiger partial charge in [0, 0.05) is 10.7 Å². The maximum atomic E-state index is 13.0. The van der Waals surface area contributed by atoms with Crippen LogP contribution >= 0.6 is 11.6 Å². The minimum atomic E-state index is -3.78. The molecular weight excluding hydrogens is 443 g/mol. The summed E-state index contributed by atoms with van der Waals surface area (Å²) in [6.07, 6.45) is 0. The second-order valence-corrected chi connectivity index (χ2v) is 8.83. The third-order valence-electron chi connectivity index (χ3n) is 4.35. The number of benzene rings is 3. The van der Waals surface area contributed by atoms with E-state index in [0.29, 0.717) is 16.5 Å². The van der Waals surface area contributed by atoms with Crippen LogP contribution in [0.15, 0.2) is 77.7 Å². The van der Waals surface area contributed by atoms with Gasteiger partial charge in [0.2, 0.25) is 0 Å². The molecule has 0 aliphatic heterocycles. The van der Waals surface area contributed by atoms with Gasteiger partial charge in [0.1, 0.15) is 11.6 Å². The van der Waals surface area contributed by atoms with E-state index < -0.39 is 10.0 Å². The van der Waals surface area contributed by atoms with E-state index in [-0.39, 0.29) is 29.3 Å². The van der Waals surface area contributed by atoms with Crippen molar-refractivity contribution < 1.29 is 22.3 Å². The van der Waals surface area contributed by atoms with Crippen molar-refractivity contribution in [1.29, 1.82) is 0 Å². The molecule has 0 aromatic heterocycles. The van der Waals surface area contributed by atoms with Crippen LogP contribution in [0.25, 0.3) is 0 Å². The van der Waals surface area contributed by atoms with Crippen molar-refractivity contribution in [3.63, 3.8) is 0 Å². The predicted octanol–water partition coefficient (Wildman–Crippen LogP) is 4.54. The molecule has 31 heavy (non-hydrogen) atoms. The second-order valence-electron chi connectivity index (χ2n) is 6.71. The normalized spacial score (nSPS) is 12.1. The summed E-state index contributed by atoms with van der Waals surface area (Å²) >= 11 is 5.80. The van der Waals surface area contributed by atoms with E-state index in [0.717, 1.165) is 5.56 Å². The molecule has 3 aromatic rings. The number of hydrogen-bond donors (Lipinski definition) is 2.